The number of hydrogen-bond donors (Lipinski definition) is 3. The zero-order chi connectivity index (χ0) is 22.0. The molecule has 162 valence electrons. The van der Waals surface area contributed by atoms with E-state index in [0.29, 0.717) is 22.0 Å². The molecule has 1 aliphatic heterocycles. The molecule has 3 aromatic rings. The van der Waals surface area contributed by atoms with Gasteiger partial charge in [0, 0.05) is 28.1 Å². The lowest BCUT2D eigenvalue weighted by Gasteiger charge is -2.30. The number of hydrogen-bond acceptors (Lipinski definition) is 4. The molecule has 0 saturated carbocycles. The molecule has 1 amide bonds. The summed E-state index contributed by atoms with van der Waals surface area (Å²) in [5, 5.41) is 7.50. The number of benzene rings is 3. The van der Waals surface area contributed by atoms with Gasteiger partial charge in [0.05, 0.1) is 4.90 Å². The third-order valence-electron chi connectivity index (χ3n) is 5.90. The minimum atomic E-state index is -3.71. The molecule has 1 unspecified atom stereocenters. The van der Waals surface area contributed by atoms with Crippen molar-refractivity contribution in [2.24, 2.45) is 5.92 Å². The van der Waals surface area contributed by atoms with Gasteiger partial charge >= 0.3 is 0 Å². The summed E-state index contributed by atoms with van der Waals surface area (Å²) in [4.78, 5) is 13.0. The Kier molecular flexibility index (Phi) is 6.09. The van der Waals surface area contributed by atoms with Gasteiger partial charge < -0.3 is 10.6 Å². The lowest BCUT2D eigenvalue weighted by atomic mass is 9.97. The molecule has 1 aliphatic rings. The Hall–Kier alpha value is -2.74. The number of piperidine rings is 1. The van der Waals surface area contributed by atoms with Gasteiger partial charge in [0.2, 0.25) is 10.0 Å². The summed E-state index contributed by atoms with van der Waals surface area (Å²) in [5.74, 6) is -0.0111. The van der Waals surface area contributed by atoms with Gasteiger partial charge in [-0.2, -0.15) is 0 Å². The average Bonchev–Trinajstić information content (AvgIpc) is 2.75. The number of anilines is 1. The maximum atomic E-state index is 13.2. The SMILES string of the molecule is Cc1ccccc1C(=O)Nc1ccc(S(=O)(=O)NC2CCNC[C@H]2C)c2ccccc12. The van der Waals surface area contributed by atoms with Gasteiger partial charge in [-0.1, -0.05) is 49.4 Å². The quantitative estimate of drug-likeness (QED) is 0.568. The van der Waals surface area contributed by atoms with Crippen LogP contribution in [0, 0.1) is 12.8 Å². The van der Waals surface area contributed by atoms with E-state index in [-0.39, 0.29) is 22.8 Å². The maximum absolute atomic E-state index is 13.2. The molecular formula is C24H27N3O3S. The first-order valence-corrected chi connectivity index (χ1v) is 12.0. The van der Waals surface area contributed by atoms with Crippen LogP contribution in [-0.2, 0) is 10.0 Å². The Balaban J connectivity index is 1.68. The van der Waals surface area contributed by atoms with Gasteiger partial charge in [0.1, 0.15) is 0 Å². The van der Waals surface area contributed by atoms with Crippen LogP contribution in [0.25, 0.3) is 10.8 Å². The normalized spacial score (nSPS) is 19.3. The van der Waals surface area contributed by atoms with Crippen molar-refractivity contribution in [3.05, 3.63) is 71.8 Å². The second-order valence-electron chi connectivity index (χ2n) is 8.12. The standard InChI is InChI=1S/C24H27N3O3S/c1-16-7-3-4-8-18(16)24(28)26-22-11-12-23(20-10-6-5-9-19(20)22)31(29,30)27-21-13-14-25-15-17(21)2/h3-12,17,21,25,27H,13-15H2,1-2H3,(H,26,28)/t17-,21?/m1/s1. The van der Waals surface area contributed by atoms with Crippen LogP contribution in [0.15, 0.2) is 65.6 Å². The van der Waals surface area contributed by atoms with Crippen LogP contribution in [0.2, 0.25) is 0 Å². The van der Waals surface area contributed by atoms with Crippen LogP contribution < -0.4 is 15.4 Å². The first-order valence-electron chi connectivity index (χ1n) is 10.5. The van der Waals surface area contributed by atoms with Gasteiger partial charge in [-0.25, -0.2) is 13.1 Å². The van der Waals surface area contributed by atoms with Crippen molar-refractivity contribution >= 4 is 32.4 Å². The Morgan fingerprint density at radius 3 is 2.45 bits per heavy atom. The molecule has 3 aromatic carbocycles. The van der Waals surface area contributed by atoms with Gasteiger partial charge in [-0.15, -0.1) is 0 Å². The summed E-state index contributed by atoms with van der Waals surface area (Å²) in [6, 6.07) is 17.8. The summed E-state index contributed by atoms with van der Waals surface area (Å²) in [6.07, 6.45) is 0.753. The highest BCUT2D eigenvalue weighted by Crippen LogP contribution is 2.30. The van der Waals surface area contributed by atoms with Gasteiger partial charge in [0.25, 0.3) is 5.91 Å². The molecule has 0 radical (unpaired) electrons. The van der Waals surface area contributed by atoms with Crippen LogP contribution in [0.4, 0.5) is 5.69 Å². The molecule has 1 saturated heterocycles. The molecule has 0 aromatic heterocycles. The van der Waals surface area contributed by atoms with E-state index in [9.17, 15) is 13.2 Å². The molecule has 0 bridgehead atoms. The molecule has 6 nitrogen and oxygen atoms in total. The van der Waals surface area contributed by atoms with Gasteiger partial charge in [-0.3, -0.25) is 4.79 Å². The van der Waals surface area contributed by atoms with Gasteiger partial charge in [-0.05, 0) is 56.1 Å². The summed E-state index contributed by atoms with van der Waals surface area (Å²) in [5.41, 5.74) is 2.05. The molecule has 31 heavy (non-hydrogen) atoms. The predicted molar refractivity (Wildman–Crippen MR) is 124 cm³/mol. The third kappa shape index (κ3) is 4.49. The van der Waals surface area contributed by atoms with Crippen LogP contribution in [0.5, 0.6) is 0 Å². The summed E-state index contributed by atoms with van der Waals surface area (Å²) in [7, 11) is -3.71. The molecule has 2 atom stereocenters. The Bertz CT molecular complexity index is 1220. The number of fused-ring (bicyclic) bond motifs is 1. The van der Waals surface area contributed by atoms with Crippen LogP contribution in [-0.4, -0.2) is 33.5 Å². The molecular weight excluding hydrogens is 410 g/mol. The van der Waals surface area contributed by atoms with Crippen molar-refractivity contribution in [1.29, 1.82) is 0 Å². The second-order valence-corrected chi connectivity index (χ2v) is 9.81. The number of amides is 1. The summed E-state index contributed by atoms with van der Waals surface area (Å²) >= 11 is 0. The van der Waals surface area contributed by atoms with Crippen molar-refractivity contribution < 1.29 is 13.2 Å². The van der Waals surface area contributed by atoms with Crippen LogP contribution in [0.1, 0.15) is 29.3 Å². The second kappa shape index (κ2) is 8.78. The van der Waals surface area contributed by atoms with Crippen LogP contribution >= 0.6 is 0 Å². The highest BCUT2D eigenvalue weighted by atomic mass is 32.2. The lowest BCUT2D eigenvalue weighted by Crippen LogP contribution is -2.48. The third-order valence-corrected chi connectivity index (χ3v) is 7.45. The Morgan fingerprint density at radius 2 is 1.71 bits per heavy atom. The number of rotatable bonds is 5. The highest BCUT2D eigenvalue weighted by Gasteiger charge is 2.28. The average molecular weight is 438 g/mol. The zero-order valence-electron chi connectivity index (χ0n) is 17.7. The zero-order valence-corrected chi connectivity index (χ0v) is 18.5. The van der Waals surface area contributed by atoms with E-state index >= 15 is 0 Å². The Labute approximate surface area is 183 Å². The van der Waals surface area contributed by atoms with Crippen molar-refractivity contribution in [3.8, 4) is 0 Å². The lowest BCUT2D eigenvalue weighted by molar-refractivity contribution is 0.102. The van der Waals surface area contributed by atoms with Crippen molar-refractivity contribution in [2.75, 3.05) is 18.4 Å². The van der Waals surface area contributed by atoms with E-state index in [1.807, 2.05) is 44.2 Å². The highest BCUT2D eigenvalue weighted by molar-refractivity contribution is 7.89. The molecule has 1 fully saturated rings. The summed E-state index contributed by atoms with van der Waals surface area (Å²) < 4.78 is 29.4. The van der Waals surface area contributed by atoms with Crippen molar-refractivity contribution in [2.45, 2.75) is 31.2 Å². The van der Waals surface area contributed by atoms with E-state index in [0.717, 1.165) is 25.1 Å². The molecule has 0 spiro atoms. The van der Waals surface area contributed by atoms with E-state index in [2.05, 4.69) is 15.4 Å². The van der Waals surface area contributed by atoms with Crippen molar-refractivity contribution in [1.82, 2.24) is 10.0 Å². The fraction of sp³-hybridized carbons (Fsp3) is 0.292. The first kappa shape index (κ1) is 21.5. The van der Waals surface area contributed by atoms with Crippen molar-refractivity contribution in [3.63, 3.8) is 0 Å². The number of aryl methyl sites for hydroxylation is 1. The molecule has 7 heteroatoms. The maximum Gasteiger partial charge on any atom is 0.255 e. The molecule has 1 heterocycles. The van der Waals surface area contributed by atoms with E-state index in [1.165, 1.54) is 0 Å². The number of carbonyl (C=O) groups is 1. The first-order chi connectivity index (χ1) is 14.9. The minimum Gasteiger partial charge on any atom is -0.321 e. The number of sulfonamides is 1. The topological polar surface area (TPSA) is 87.3 Å². The minimum absolute atomic E-state index is 0.106. The largest absolute Gasteiger partial charge is 0.321 e. The number of nitrogens with one attached hydrogen (secondary N) is 3. The fourth-order valence-electron chi connectivity index (χ4n) is 4.08. The number of carbonyl (C=O) groups excluding carboxylic acids is 1. The fourth-order valence-corrected chi connectivity index (χ4v) is 5.67. The monoisotopic (exact) mass is 437 g/mol. The van der Waals surface area contributed by atoms with E-state index < -0.39 is 10.0 Å². The van der Waals surface area contributed by atoms with Crippen LogP contribution in [0.3, 0.4) is 0 Å². The smallest absolute Gasteiger partial charge is 0.255 e. The predicted octanol–water partition coefficient (Wildman–Crippen LogP) is 3.68. The molecule has 4 rings (SSSR count). The summed E-state index contributed by atoms with van der Waals surface area (Å²) in [6.45, 7) is 5.51. The molecule has 0 aliphatic carbocycles. The Morgan fingerprint density at radius 1 is 1.00 bits per heavy atom. The van der Waals surface area contributed by atoms with E-state index in [4.69, 9.17) is 0 Å². The van der Waals surface area contributed by atoms with E-state index in [1.54, 1.807) is 30.3 Å². The molecule has 3 N–H and O–H groups in total. The van der Waals surface area contributed by atoms with Gasteiger partial charge in [0.15, 0.2) is 0 Å².